The van der Waals surface area contributed by atoms with Crippen LogP contribution >= 0.6 is 11.3 Å². The number of carbonyl (C=O) groups is 1. The molecule has 2 heterocycles. The van der Waals surface area contributed by atoms with Gasteiger partial charge in [-0.05, 0) is 18.6 Å². The maximum Gasteiger partial charge on any atom is 0.170 e. The molecule has 102 valence electrons. The van der Waals surface area contributed by atoms with Gasteiger partial charge in [0.05, 0.1) is 12.1 Å². The monoisotopic (exact) mass is 284 g/mol. The molecule has 0 saturated carbocycles. The van der Waals surface area contributed by atoms with Gasteiger partial charge in [-0.15, -0.1) is 11.3 Å². The minimum absolute atomic E-state index is 0.160. The number of hydrogen-bond donors (Lipinski definition) is 0. The van der Waals surface area contributed by atoms with Crippen molar-refractivity contribution in [1.29, 1.82) is 0 Å². The Kier molecular flexibility index (Phi) is 3.40. The van der Waals surface area contributed by atoms with Crippen LogP contribution in [0.15, 0.2) is 35.7 Å². The van der Waals surface area contributed by atoms with Crippen molar-refractivity contribution >= 4 is 27.2 Å². The van der Waals surface area contributed by atoms with E-state index in [-0.39, 0.29) is 5.78 Å². The van der Waals surface area contributed by atoms with E-state index in [2.05, 4.69) is 18.1 Å². The normalized spacial score (nSPS) is 11.1. The summed E-state index contributed by atoms with van der Waals surface area (Å²) < 4.78 is 2.97. The highest BCUT2D eigenvalue weighted by molar-refractivity contribution is 7.17. The Labute approximate surface area is 121 Å². The van der Waals surface area contributed by atoms with Gasteiger partial charge in [0.25, 0.3) is 0 Å². The van der Waals surface area contributed by atoms with E-state index in [0.717, 1.165) is 33.5 Å². The van der Waals surface area contributed by atoms with Crippen LogP contribution in [0.4, 0.5) is 0 Å². The fraction of sp³-hybridized carbons (Fsp3) is 0.250. The SMILES string of the molecule is CCc1cc(CC(=O)c2csc3ccccc23)n(C)n1. The molecule has 0 bridgehead atoms. The average Bonchev–Trinajstić information content (AvgIpc) is 3.03. The minimum Gasteiger partial charge on any atom is -0.294 e. The summed E-state index contributed by atoms with van der Waals surface area (Å²) in [6, 6.07) is 10.1. The van der Waals surface area contributed by atoms with Gasteiger partial charge in [0.2, 0.25) is 0 Å². The topological polar surface area (TPSA) is 34.9 Å². The number of rotatable bonds is 4. The van der Waals surface area contributed by atoms with E-state index in [9.17, 15) is 4.79 Å². The summed E-state index contributed by atoms with van der Waals surface area (Å²) in [6.45, 7) is 2.07. The maximum absolute atomic E-state index is 12.5. The zero-order valence-corrected chi connectivity index (χ0v) is 12.4. The lowest BCUT2D eigenvalue weighted by Gasteiger charge is -2.01. The van der Waals surface area contributed by atoms with Crippen LogP contribution in [-0.4, -0.2) is 15.6 Å². The first-order valence-electron chi connectivity index (χ1n) is 6.70. The van der Waals surface area contributed by atoms with Crippen molar-refractivity contribution < 1.29 is 4.79 Å². The molecule has 0 aliphatic heterocycles. The second-order valence-electron chi connectivity index (χ2n) is 4.85. The third kappa shape index (κ3) is 2.27. The van der Waals surface area contributed by atoms with Gasteiger partial charge in [-0.1, -0.05) is 25.1 Å². The largest absolute Gasteiger partial charge is 0.294 e. The molecule has 0 fully saturated rings. The molecule has 0 unspecified atom stereocenters. The molecule has 0 saturated heterocycles. The molecular weight excluding hydrogens is 268 g/mol. The highest BCUT2D eigenvalue weighted by Gasteiger charge is 2.15. The zero-order valence-electron chi connectivity index (χ0n) is 11.6. The fourth-order valence-electron chi connectivity index (χ4n) is 2.36. The number of nitrogens with zero attached hydrogens (tertiary/aromatic N) is 2. The highest BCUT2D eigenvalue weighted by atomic mass is 32.1. The van der Waals surface area contributed by atoms with E-state index >= 15 is 0 Å². The summed E-state index contributed by atoms with van der Waals surface area (Å²) in [7, 11) is 1.90. The van der Waals surface area contributed by atoms with Crippen LogP contribution in [0.25, 0.3) is 10.1 Å². The summed E-state index contributed by atoms with van der Waals surface area (Å²) in [4.78, 5) is 12.5. The lowest BCUT2D eigenvalue weighted by atomic mass is 10.1. The molecular formula is C16H16N2OS. The number of aryl methyl sites for hydroxylation is 2. The lowest BCUT2D eigenvalue weighted by molar-refractivity contribution is 0.0992. The Bertz CT molecular complexity index is 770. The molecule has 3 nitrogen and oxygen atoms in total. The number of Topliss-reactive ketones (excluding diaryl/α,β-unsaturated/α-hetero) is 1. The third-order valence-electron chi connectivity index (χ3n) is 3.51. The molecule has 0 atom stereocenters. The Balaban J connectivity index is 1.91. The molecule has 0 aliphatic carbocycles. The minimum atomic E-state index is 0.160. The second-order valence-corrected chi connectivity index (χ2v) is 5.76. The number of ketones is 1. The molecule has 4 heteroatoms. The Hall–Kier alpha value is -1.94. The number of carbonyl (C=O) groups excluding carboxylic acids is 1. The molecule has 0 spiro atoms. The molecule has 0 N–H and O–H groups in total. The van der Waals surface area contributed by atoms with Gasteiger partial charge in [-0.2, -0.15) is 5.10 Å². The van der Waals surface area contributed by atoms with Crippen LogP contribution in [0.1, 0.15) is 28.7 Å². The van der Waals surface area contributed by atoms with E-state index in [4.69, 9.17) is 0 Å². The van der Waals surface area contributed by atoms with Crippen molar-refractivity contribution in [2.75, 3.05) is 0 Å². The molecule has 0 amide bonds. The summed E-state index contributed by atoms with van der Waals surface area (Å²) in [5.74, 6) is 0.160. The van der Waals surface area contributed by atoms with Gasteiger partial charge >= 0.3 is 0 Å². The van der Waals surface area contributed by atoms with Gasteiger partial charge in [0.15, 0.2) is 5.78 Å². The van der Waals surface area contributed by atoms with Crippen LogP contribution in [0, 0.1) is 0 Å². The van der Waals surface area contributed by atoms with Crippen molar-refractivity contribution in [1.82, 2.24) is 9.78 Å². The second kappa shape index (κ2) is 5.21. The van der Waals surface area contributed by atoms with E-state index in [1.807, 2.05) is 41.4 Å². The van der Waals surface area contributed by atoms with Crippen molar-refractivity contribution in [3.63, 3.8) is 0 Å². The van der Waals surface area contributed by atoms with E-state index in [1.54, 1.807) is 11.3 Å². The molecule has 20 heavy (non-hydrogen) atoms. The molecule has 1 aromatic carbocycles. The van der Waals surface area contributed by atoms with E-state index < -0.39 is 0 Å². The van der Waals surface area contributed by atoms with Crippen LogP contribution in [-0.2, 0) is 19.9 Å². The van der Waals surface area contributed by atoms with Crippen molar-refractivity contribution in [3.05, 3.63) is 52.7 Å². The van der Waals surface area contributed by atoms with Crippen molar-refractivity contribution in [2.24, 2.45) is 7.05 Å². The number of hydrogen-bond acceptors (Lipinski definition) is 3. The van der Waals surface area contributed by atoms with Crippen molar-refractivity contribution in [2.45, 2.75) is 19.8 Å². The van der Waals surface area contributed by atoms with Gasteiger partial charge in [0, 0.05) is 33.8 Å². The van der Waals surface area contributed by atoms with Crippen LogP contribution < -0.4 is 0 Å². The smallest absolute Gasteiger partial charge is 0.170 e. The summed E-state index contributed by atoms with van der Waals surface area (Å²) in [5.41, 5.74) is 2.83. The van der Waals surface area contributed by atoms with E-state index in [1.165, 1.54) is 0 Å². The third-order valence-corrected chi connectivity index (χ3v) is 4.48. The number of aromatic nitrogens is 2. The van der Waals surface area contributed by atoms with E-state index in [0.29, 0.717) is 6.42 Å². The molecule has 0 radical (unpaired) electrons. The quantitative estimate of drug-likeness (QED) is 0.686. The first-order chi connectivity index (χ1) is 9.69. The molecule has 3 rings (SSSR count). The highest BCUT2D eigenvalue weighted by Crippen LogP contribution is 2.26. The lowest BCUT2D eigenvalue weighted by Crippen LogP contribution is -2.07. The standard InChI is InChI=1S/C16H16N2OS/c1-3-11-8-12(18(2)17-11)9-15(19)14-10-20-16-7-5-4-6-13(14)16/h4-8,10H,3,9H2,1-2H3. The molecule has 3 aromatic rings. The fourth-order valence-corrected chi connectivity index (χ4v) is 3.33. The number of thiophene rings is 1. The predicted molar refractivity (Wildman–Crippen MR) is 82.4 cm³/mol. The first kappa shape index (κ1) is 13.1. The summed E-state index contributed by atoms with van der Waals surface area (Å²) >= 11 is 1.62. The summed E-state index contributed by atoms with van der Waals surface area (Å²) in [5, 5.41) is 7.41. The Morgan fingerprint density at radius 3 is 2.90 bits per heavy atom. The van der Waals surface area contributed by atoms with Crippen LogP contribution in [0.2, 0.25) is 0 Å². The first-order valence-corrected chi connectivity index (χ1v) is 7.58. The van der Waals surface area contributed by atoms with Gasteiger partial charge in [-0.3, -0.25) is 9.48 Å². The molecule has 0 aliphatic rings. The van der Waals surface area contributed by atoms with Gasteiger partial charge in [0.1, 0.15) is 0 Å². The Morgan fingerprint density at radius 1 is 1.35 bits per heavy atom. The average molecular weight is 284 g/mol. The number of fused-ring (bicyclic) bond motifs is 1. The maximum atomic E-state index is 12.5. The van der Waals surface area contributed by atoms with Gasteiger partial charge in [-0.25, -0.2) is 0 Å². The predicted octanol–water partition coefficient (Wildman–Crippen LogP) is 3.62. The van der Waals surface area contributed by atoms with Crippen LogP contribution in [0.5, 0.6) is 0 Å². The Morgan fingerprint density at radius 2 is 2.15 bits per heavy atom. The van der Waals surface area contributed by atoms with Gasteiger partial charge < -0.3 is 0 Å². The van der Waals surface area contributed by atoms with Crippen molar-refractivity contribution in [3.8, 4) is 0 Å². The van der Waals surface area contributed by atoms with Crippen LogP contribution in [0.3, 0.4) is 0 Å². The number of benzene rings is 1. The molecule has 2 aromatic heterocycles. The summed E-state index contributed by atoms with van der Waals surface area (Å²) in [6.07, 6.45) is 1.30. The zero-order chi connectivity index (χ0) is 14.1.